The van der Waals surface area contributed by atoms with Crippen LogP contribution < -0.4 is 0 Å². The maximum Gasteiger partial charge on any atom is 0.223 e. The number of ether oxygens (including phenoxy) is 1. The lowest BCUT2D eigenvalue weighted by molar-refractivity contribution is -0.128. The highest BCUT2D eigenvalue weighted by Gasteiger charge is 2.51. The number of methoxy groups -OCH3 is 1. The van der Waals surface area contributed by atoms with Crippen molar-refractivity contribution in [2.45, 2.75) is 62.5 Å². The van der Waals surface area contributed by atoms with Gasteiger partial charge in [0.05, 0.1) is 5.60 Å². The minimum Gasteiger partial charge on any atom is -0.378 e. The fourth-order valence-corrected chi connectivity index (χ4v) is 5.49. The Bertz CT molecular complexity index is 673. The lowest BCUT2D eigenvalue weighted by Gasteiger charge is -2.48. The van der Waals surface area contributed by atoms with Gasteiger partial charge in [0.2, 0.25) is 5.91 Å². The molecule has 1 heterocycles. The lowest BCUT2D eigenvalue weighted by atomic mass is 9.64. The van der Waals surface area contributed by atoms with Crippen molar-refractivity contribution in [3.05, 3.63) is 35.9 Å². The fourth-order valence-electron chi connectivity index (χ4n) is 5.49. The van der Waals surface area contributed by atoms with Gasteiger partial charge in [-0.2, -0.15) is 0 Å². The van der Waals surface area contributed by atoms with E-state index in [0.29, 0.717) is 5.91 Å². The molecule has 2 aliphatic carbocycles. The van der Waals surface area contributed by atoms with Crippen LogP contribution in [0.2, 0.25) is 0 Å². The predicted molar refractivity (Wildman–Crippen MR) is 107 cm³/mol. The molecule has 0 N–H and O–H groups in total. The summed E-state index contributed by atoms with van der Waals surface area (Å²) in [6, 6.07) is 10.9. The van der Waals surface area contributed by atoms with Crippen LogP contribution in [0.4, 0.5) is 0 Å². The molecule has 27 heavy (non-hydrogen) atoms. The SMILES string of the molecule is COC1(CCN2CC3(CCC(c4ccccc4)(N(C)C)CC3)CC2=O)CC1. The van der Waals surface area contributed by atoms with Gasteiger partial charge in [-0.1, -0.05) is 30.3 Å². The molecule has 0 aromatic heterocycles. The van der Waals surface area contributed by atoms with E-state index in [4.69, 9.17) is 4.74 Å². The van der Waals surface area contributed by atoms with Gasteiger partial charge in [-0.15, -0.1) is 0 Å². The summed E-state index contributed by atoms with van der Waals surface area (Å²) in [7, 11) is 6.22. The highest BCUT2D eigenvalue weighted by atomic mass is 16.5. The van der Waals surface area contributed by atoms with E-state index in [0.717, 1.165) is 64.5 Å². The average molecular weight is 371 g/mol. The van der Waals surface area contributed by atoms with Gasteiger partial charge >= 0.3 is 0 Å². The van der Waals surface area contributed by atoms with Crippen LogP contribution in [0.3, 0.4) is 0 Å². The van der Waals surface area contributed by atoms with Crippen molar-refractivity contribution in [1.82, 2.24) is 9.80 Å². The molecular formula is C23H34N2O2. The molecule has 1 aromatic rings. The molecular weight excluding hydrogens is 336 g/mol. The van der Waals surface area contributed by atoms with E-state index in [1.807, 2.05) is 7.11 Å². The van der Waals surface area contributed by atoms with E-state index in [1.54, 1.807) is 0 Å². The highest BCUT2D eigenvalue weighted by molar-refractivity contribution is 5.79. The molecule has 4 heteroatoms. The van der Waals surface area contributed by atoms with Crippen LogP contribution in [-0.2, 0) is 15.1 Å². The molecule has 1 aromatic carbocycles. The number of amides is 1. The second kappa shape index (κ2) is 6.89. The van der Waals surface area contributed by atoms with E-state index in [-0.39, 0.29) is 16.6 Å². The fraction of sp³-hybridized carbons (Fsp3) is 0.696. The molecule has 4 nitrogen and oxygen atoms in total. The van der Waals surface area contributed by atoms with Crippen molar-refractivity contribution < 1.29 is 9.53 Å². The summed E-state index contributed by atoms with van der Waals surface area (Å²) in [6.45, 7) is 1.82. The number of hydrogen-bond donors (Lipinski definition) is 0. The molecule has 4 rings (SSSR count). The number of rotatable bonds is 6. The molecule has 3 aliphatic rings. The van der Waals surface area contributed by atoms with Crippen molar-refractivity contribution in [3.63, 3.8) is 0 Å². The highest BCUT2D eigenvalue weighted by Crippen LogP contribution is 2.52. The first-order chi connectivity index (χ1) is 12.9. The van der Waals surface area contributed by atoms with Crippen molar-refractivity contribution in [1.29, 1.82) is 0 Å². The number of carbonyl (C=O) groups is 1. The third-order valence-electron chi connectivity index (χ3n) is 7.79. The molecule has 148 valence electrons. The first-order valence-electron chi connectivity index (χ1n) is 10.5. The van der Waals surface area contributed by atoms with Gasteiger partial charge in [0.15, 0.2) is 0 Å². The Hall–Kier alpha value is -1.39. The Morgan fingerprint density at radius 1 is 1.04 bits per heavy atom. The molecule has 1 saturated heterocycles. The van der Waals surface area contributed by atoms with Gasteiger partial charge in [-0.3, -0.25) is 9.69 Å². The molecule has 2 saturated carbocycles. The zero-order chi connectivity index (χ0) is 19.1. The Labute approximate surface area is 163 Å². The van der Waals surface area contributed by atoms with Crippen molar-refractivity contribution in [2.24, 2.45) is 5.41 Å². The predicted octanol–water partition coefficient (Wildman–Crippen LogP) is 3.81. The molecule has 0 bridgehead atoms. The van der Waals surface area contributed by atoms with Gasteiger partial charge in [-0.05, 0) is 70.0 Å². The lowest BCUT2D eigenvalue weighted by Crippen LogP contribution is -2.47. The van der Waals surface area contributed by atoms with Crippen molar-refractivity contribution >= 4 is 5.91 Å². The maximum atomic E-state index is 12.7. The van der Waals surface area contributed by atoms with Gasteiger partial charge in [-0.25, -0.2) is 0 Å². The van der Waals surface area contributed by atoms with Gasteiger partial charge in [0.1, 0.15) is 0 Å². The maximum absolute atomic E-state index is 12.7. The summed E-state index contributed by atoms with van der Waals surface area (Å²) in [5, 5.41) is 0. The average Bonchev–Trinajstić information content (AvgIpc) is 3.40. The third kappa shape index (κ3) is 3.42. The number of hydrogen-bond acceptors (Lipinski definition) is 3. The normalized spacial score (nSPS) is 32.4. The standard InChI is InChI=1S/C23H34N2O2/c1-24(2)23(19-7-5-4-6-8-19)13-9-21(10-14-23)17-20(26)25(18-21)16-15-22(27-3)11-12-22/h4-8H,9-18H2,1-3H3. The monoisotopic (exact) mass is 370 g/mol. The van der Waals surface area contributed by atoms with Gasteiger partial charge < -0.3 is 9.64 Å². The zero-order valence-corrected chi connectivity index (χ0v) is 17.2. The van der Waals surface area contributed by atoms with E-state index in [1.165, 1.54) is 5.56 Å². The summed E-state index contributed by atoms with van der Waals surface area (Å²) in [4.78, 5) is 17.2. The number of nitrogens with zero attached hydrogens (tertiary/aromatic N) is 2. The van der Waals surface area contributed by atoms with Crippen LogP contribution in [0.15, 0.2) is 30.3 Å². The molecule has 0 unspecified atom stereocenters. The quantitative estimate of drug-likeness (QED) is 0.763. The van der Waals surface area contributed by atoms with Crippen LogP contribution in [-0.4, -0.2) is 55.6 Å². The van der Waals surface area contributed by atoms with E-state index < -0.39 is 0 Å². The minimum atomic E-state index is 0.0793. The smallest absolute Gasteiger partial charge is 0.223 e. The van der Waals surface area contributed by atoms with Crippen LogP contribution >= 0.6 is 0 Å². The molecule has 1 spiro atoms. The number of benzene rings is 1. The van der Waals surface area contributed by atoms with Gasteiger partial charge in [0.25, 0.3) is 0 Å². The number of likely N-dealkylation sites (tertiary alicyclic amines) is 1. The summed E-state index contributed by atoms with van der Waals surface area (Å²) >= 11 is 0. The zero-order valence-electron chi connectivity index (χ0n) is 17.2. The molecule has 0 atom stereocenters. The Morgan fingerprint density at radius 3 is 2.26 bits per heavy atom. The third-order valence-corrected chi connectivity index (χ3v) is 7.79. The van der Waals surface area contributed by atoms with Crippen molar-refractivity contribution in [3.8, 4) is 0 Å². The second-order valence-electron chi connectivity index (χ2n) is 9.42. The molecule has 3 fully saturated rings. The van der Waals surface area contributed by atoms with Crippen LogP contribution in [0.5, 0.6) is 0 Å². The van der Waals surface area contributed by atoms with Crippen LogP contribution in [0.1, 0.15) is 56.9 Å². The minimum absolute atomic E-state index is 0.0793. The number of carbonyl (C=O) groups excluding carboxylic acids is 1. The Balaban J connectivity index is 1.42. The van der Waals surface area contributed by atoms with E-state index in [2.05, 4.69) is 54.2 Å². The summed E-state index contributed by atoms with van der Waals surface area (Å²) in [6.07, 6.45) is 8.58. The molecule has 1 aliphatic heterocycles. The Morgan fingerprint density at radius 2 is 1.70 bits per heavy atom. The second-order valence-corrected chi connectivity index (χ2v) is 9.42. The first kappa shape index (κ1) is 18.9. The first-order valence-corrected chi connectivity index (χ1v) is 10.5. The van der Waals surface area contributed by atoms with Crippen LogP contribution in [0, 0.1) is 5.41 Å². The summed E-state index contributed by atoms with van der Waals surface area (Å²) < 4.78 is 5.64. The summed E-state index contributed by atoms with van der Waals surface area (Å²) in [5.41, 5.74) is 1.80. The molecule has 0 radical (unpaired) electrons. The van der Waals surface area contributed by atoms with Crippen LogP contribution in [0.25, 0.3) is 0 Å². The largest absolute Gasteiger partial charge is 0.378 e. The topological polar surface area (TPSA) is 32.8 Å². The van der Waals surface area contributed by atoms with E-state index >= 15 is 0 Å². The summed E-state index contributed by atoms with van der Waals surface area (Å²) in [5.74, 6) is 0.360. The Kier molecular flexibility index (Phi) is 4.84. The van der Waals surface area contributed by atoms with E-state index in [9.17, 15) is 4.79 Å². The van der Waals surface area contributed by atoms with Crippen molar-refractivity contribution in [2.75, 3.05) is 34.3 Å². The van der Waals surface area contributed by atoms with Gasteiger partial charge in [0, 0.05) is 32.2 Å². The molecule has 1 amide bonds.